The second-order valence-electron chi connectivity index (χ2n) is 6.06. The minimum atomic E-state index is -0.269. The maximum Gasteiger partial charge on any atom is 0.224 e. The molecule has 4 rings (SSSR count). The number of pyridine rings is 1. The van der Waals surface area contributed by atoms with E-state index < -0.39 is 0 Å². The Morgan fingerprint density at radius 2 is 2.33 bits per heavy atom. The quantitative estimate of drug-likeness (QED) is 0.849. The van der Waals surface area contributed by atoms with E-state index in [0.29, 0.717) is 30.1 Å². The fraction of sp³-hybridized carbons (Fsp3) is 0.533. The van der Waals surface area contributed by atoms with E-state index in [1.54, 1.807) is 12.3 Å². The summed E-state index contributed by atoms with van der Waals surface area (Å²) in [6.45, 7) is 3.31. The molecule has 2 aliphatic rings. The van der Waals surface area contributed by atoms with Gasteiger partial charge in [-0.25, -0.2) is 9.37 Å². The van der Waals surface area contributed by atoms with Crippen LogP contribution in [0.1, 0.15) is 31.0 Å². The van der Waals surface area contributed by atoms with E-state index in [-0.39, 0.29) is 11.2 Å². The van der Waals surface area contributed by atoms with Crippen molar-refractivity contribution in [3.8, 4) is 0 Å². The Balaban J connectivity index is 1.71. The molecule has 6 heteroatoms. The molecule has 2 atom stereocenters. The molecule has 0 amide bonds. The lowest BCUT2D eigenvalue weighted by Crippen LogP contribution is -2.32. The molecule has 0 spiro atoms. The topological polar surface area (TPSA) is 55.1 Å². The van der Waals surface area contributed by atoms with E-state index in [9.17, 15) is 4.39 Å². The molecule has 110 valence electrons. The van der Waals surface area contributed by atoms with Crippen molar-refractivity contribution in [1.82, 2.24) is 15.2 Å². The standard InChI is InChI=1S/C15H17FN4O/c1-10-18-19-14(21-10)15-6-2-4-11(15)8-20(9-15)13-12(16)5-3-7-17-13/h3,5,7,11H,2,4,6,8-9H2,1H3/t11-,15-/m0/s1. The average Bonchev–Trinajstić information content (AvgIpc) is 3.12. The van der Waals surface area contributed by atoms with Crippen LogP contribution in [0.15, 0.2) is 22.7 Å². The van der Waals surface area contributed by atoms with Gasteiger partial charge in [-0.3, -0.25) is 0 Å². The number of anilines is 1. The van der Waals surface area contributed by atoms with Gasteiger partial charge in [0.2, 0.25) is 11.8 Å². The van der Waals surface area contributed by atoms with Crippen molar-refractivity contribution in [2.45, 2.75) is 31.6 Å². The fourth-order valence-corrected chi connectivity index (χ4v) is 3.91. The van der Waals surface area contributed by atoms with Crippen LogP contribution in [0.25, 0.3) is 0 Å². The molecule has 2 aromatic heterocycles. The lowest BCUT2D eigenvalue weighted by Gasteiger charge is -2.24. The minimum absolute atomic E-state index is 0.134. The molecule has 0 bridgehead atoms. The van der Waals surface area contributed by atoms with Crippen LogP contribution in [0.3, 0.4) is 0 Å². The number of halogens is 1. The molecular formula is C15H17FN4O. The lowest BCUT2D eigenvalue weighted by molar-refractivity contribution is 0.299. The zero-order valence-electron chi connectivity index (χ0n) is 11.9. The Bertz CT molecular complexity index is 673. The smallest absolute Gasteiger partial charge is 0.224 e. The second kappa shape index (κ2) is 4.51. The normalized spacial score (nSPS) is 28.1. The molecule has 0 radical (unpaired) electrons. The van der Waals surface area contributed by atoms with Crippen LogP contribution in [0.4, 0.5) is 10.2 Å². The maximum atomic E-state index is 14.0. The largest absolute Gasteiger partial charge is 0.425 e. The molecule has 21 heavy (non-hydrogen) atoms. The summed E-state index contributed by atoms with van der Waals surface area (Å²) < 4.78 is 19.7. The number of nitrogens with zero attached hydrogens (tertiary/aromatic N) is 4. The molecule has 1 saturated heterocycles. The summed E-state index contributed by atoms with van der Waals surface area (Å²) >= 11 is 0. The van der Waals surface area contributed by atoms with Crippen LogP contribution in [0, 0.1) is 18.7 Å². The van der Waals surface area contributed by atoms with Crippen LogP contribution >= 0.6 is 0 Å². The first-order valence-electron chi connectivity index (χ1n) is 7.35. The zero-order valence-corrected chi connectivity index (χ0v) is 11.9. The van der Waals surface area contributed by atoms with Crippen molar-refractivity contribution in [1.29, 1.82) is 0 Å². The van der Waals surface area contributed by atoms with Gasteiger partial charge in [-0.1, -0.05) is 6.42 Å². The monoisotopic (exact) mass is 288 g/mol. The molecule has 0 unspecified atom stereocenters. The molecule has 2 fully saturated rings. The summed E-state index contributed by atoms with van der Waals surface area (Å²) in [5.74, 6) is 1.89. The summed E-state index contributed by atoms with van der Waals surface area (Å²) in [4.78, 5) is 6.23. The van der Waals surface area contributed by atoms with Crippen molar-refractivity contribution in [2.75, 3.05) is 18.0 Å². The van der Waals surface area contributed by atoms with Crippen LogP contribution < -0.4 is 4.90 Å². The van der Waals surface area contributed by atoms with Gasteiger partial charge in [0.05, 0.1) is 5.41 Å². The van der Waals surface area contributed by atoms with Gasteiger partial charge in [0.15, 0.2) is 11.6 Å². The van der Waals surface area contributed by atoms with Crippen molar-refractivity contribution < 1.29 is 8.81 Å². The highest BCUT2D eigenvalue weighted by molar-refractivity contribution is 5.44. The highest BCUT2D eigenvalue weighted by atomic mass is 19.1. The van der Waals surface area contributed by atoms with E-state index in [4.69, 9.17) is 4.42 Å². The summed E-state index contributed by atoms with van der Waals surface area (Å²) in [6, 6.07) is 3.08. The summed E-state index contributed by atoms with van der Waals surface area (Å²) in [6.07, 6.45) is 4.93. The molecule has 3 heterocycles. The minimum Gasteiger partial charge on any atom is -0.425 e. The molecule has 1 aliphatic carbocycles. The van der Waals surface area contributed by atoms with Crippen molar-refractivity contribution in [3.05, 3.63) is 35.9 Å². The van der Waals surface area contributed by atoms with Crippen LogP contribution in [-0.2, 0) is 5.41 Å². The molecular weight excluding hydrogens is 271 g/mol. The van der Waals surface area contributed by atoms with Gasteiger partial charge in [-0.15, -0.1) is 10.2 Å². The van der Waals surface area contributed by atoms with Gasteiger partial charge >= 0.3 is 0 Å². The van der Waals surface area contributed by atoms with Gasteiger partial charge in [0.1, 0.15) is 0 Å². The number of hydrogen-bond donors (Lipinski definition) is 0. The number of aryl methyl sites for hydroxylation is 1. The van der Waals surface area contributed by atoms with Crippen LogP contribution in [0.5, 0.6) is 0 Å². The Kier molecular flexibility index (Phi) is 2.74. The Morgan fingerprint density at radius 1 is 1.43 bits per heavy atom. The van der Waals surface area contributed by atoms with Gasteiger partial charge in [0, 0.05) is 26.2 Å². The Morgan fingerprint density at radius 3 is 3.10 bits per heavy atom. The lowest BCUT2D eigenvalue weighted by atomic mass is 9.80. The second-order valence-corrected chi connectivity index (χ2v) is 6.06. The SMILES string of the molecule is Cc1nnc([C@]23CCC[C@H]2CN(c2ncccc2F)C3)o1. The predicted octanol–water partition coefficient (Wildman–Crippen LogP) is 2.47. The third-order valence-electron chi connectivity index (χ3n) is 4.86. The Hall–Kier alpha value is -1.98. The van der Waals surface area contributed by atoms with Crippen LogP contribution in [-0.4, -0.2) is 28.3 Å². The van der Waals surface area contributed by atoms with Gasteiger partial charge in [0.25, 0.3) is 0 Å². The summed E-state index contributed by atoms with van der Waals surface area (Å²) in [7, 11) is 0. The molecule has 1 saturated carbocycles. The van der Waals surface area contributed by atoms with Crippen molar-refractivity contribution >= 4 is 5.82 Å². The first kappa shape index (κ1) is 12.7. The highest BCUT2D eigenvalue weighted by Crippen LogP contribution is 2.50. The third kappa shape index (κ3) is 1.85. The Labute approximate surface area is 122 Å². The van der Waals surface area contributed by atoms with E-state index in [0.717, 1.165) is 25.8 Å². The first-order chi connectivity index (χ1) is 10.2. The van der Waals surface area contributed by atoms with Crippen molar-refractivity contribution in [2.24, 2.45) is 5.92 Å². The van der Waals surface area contributed by atoms with E-state index in [1.807, 2.05) is 11.8 Å². The third-order valence-corrected chi connectivity index (χ3v) is 4.86. The number of fused-ring (bicyclic) bond motifs is 1. The molecule has 2 aromatic rings. The zero-order chi connectivity index (χ0) is 14.4. The number of rotatable bonds is 2. The average molecular weight is 288 g/mol. The van der Waals surface area contributed by atoms with Gasteiger partial charge < -0.3 is 9.32 Å². The fourth-order valence-electron chi connectivity index (χ4n) is 3.91. The summed E-state index contributed by atoms with van der Waals surface area (Å²) in [5.41, 5.74) is -0.134. The van der Waals surface area contributed by atoms with Gasteiger partial charge in [-0.05, 0) is 30.9 Å². The van der Waals surface area contributed by atoms with Crippen molar-refractivity contribution in [3.63, 3.8) is 0 Å². The molecule has 5 nitrogen and oxygen atoms in total. The molecule has 1 aliphatic heterocycles. The molecule has 0 N–H and O–H groups in total. The van der Waals surface area contributed by atoms with Crippen LogP contribution in [0.2, 0.25) is 0 Å². The maximum absolute atomic E-state index is 14.0. The molecule has 0 aromatic carbocycles. The van der Waals surface area contributed by atoms with E-state index in [1.165, 1.54) is 6.07 Å². The number of aromatic nitrogens is 3. The van der Waals surface area contributed by atoms with E-state index in [2.05, 4.69) is 15.2 Å². The van der Waals surface area contributed by atoms with E-state index >= 15 is 0 Å². The predicted molar refractivity (Wildman–Crippen MR) is 74.5 cm³/mol. The van der Waals surface area contributed by atoms with Gasteiger partial charge in [-0.2, -0.15) is 0 Å². The number of hydrogen-bond acceptors (Lipinski definition) is 5. The summed E-state index contributed by atoms with van der Waals surface area (Å²) in [5, 5.41) is 8.23. The highest BCUT2D eigenvalue weighted by Gasteiger charge is 2.54. The first-order valence-corrected chi connectivity index (χ1v) is 7.35.